The molecule has 4 nitrogen and oxygen atoms in total. The van der Waals surface area contributed by atoms with E-state index in [-0.39, 0.29) is 12.0 Å². The first kappa shape index (κ1) is 14.8. The zero-order chi connectivity index (χ0) is 15.2. The van der Waals surface area contributed by atoms with E-state index in [9.17, 15) is 4.79 Å². The van der Waals surface area contributed by atoms with Crippen LogP contribution in [0.3, 0.4) is 0 Å². The average molecular weight is 296 g/mol. The highest BCUT2D eigenvalue weighted by atomic mass is 16.5. The Morgan fingerprint density at radius 2 is 1.95 bits per heavy atom. The smallest absolute Gasteiger partial charge is 0.250 e. The maximum absolute atomic E-state index is 12.1. The molecule has 0 aromatic heterocycles. The van der Waals surface area contributed by atoms with Crippen molar-refractivity contribution in [2.24, 2.45) is 0 Å². The molecule has 0 saturated carbocycles. The summed E-state index contributed by atoms with van der Waals surface area (Å²) in [6, 6.07) is 18.4. The SMILES string of the molecule is O=C(NCc1cccc(-c2ccccc2)c1)[C@H]1CNCCO1. The van der Waals surface area contributed by atoms with Crippen molar-refractivity contribution < 1.29 is 9.53 Å². The highest BCUT2D eigenvalue weighted by Crippen LogP contribution is 2.19. The van der Waals surface area contributed by atoms with Gasteiger partial charge in [0.25, 0.3) is 5.91 Å². The molecule has 4 heteroatoms. The molecule has 0 spiro atoms. The second-order valence-electron chi connectivity index (χ2n) is 5.35. The van der Waals surface area contributed by atoms with E-state index in [2.05, 4.69) is 34.9 Å². The standard InChI is InChI=1S/C18H20N2O2/c21-18(17-13-19-9-10-22-17)20-12-14-5-4-8-16(11-14)15-6-2-1-3-7-15/h1-8,11,17,19H,9-10,12-13H2,(H,20,21)/t17-/m1/s1. The van der Waals surface area contributed by atoms with Crippen molar-refractivity contribution in [2.75, 3.05) is 19.7 Å². The number of morpholine rings is 1. The van der Waals surface area contributed by atoms with Crippen LogP contribution >= 0.6 is 0 Å². The van der Waals surface area contributed by atoms with Gasteiger partial charge in [-0.15, -0.1) is 0 Å². The van der Waals surface area contributed by atoms with Gasteiger partial charge >= 0.3 is 0 Å². The molecule has 0 radical (unpaired) electrons. The number of carbonyl (C=O) groups excluding carboxylic acids is 1. The molecular weight excluding hydrogens is 276 g/mol. The van der Waals surface area contributed by atoms with Gasteiger partial charge in [0.05, 0.1) is 6.61 Å². The van der Waals surface area contributed by atoms with Crippen molar-refractivity contribution in [3.8, 4) is 11.1 Å². The van der Waals surface area contributed by atoms with Crippen molar-refractivity contribution in [3.63, 3.8) is 0 Å². The lowest BCUT2D eigenvalue weighted by Crippen LogP contribution is -2.47. The zero-order valence-corrected chi connectivity index (χ0v) is 12.4. The van der Waals surface area contributed by atoms with Gasteiger partial charge < -0.3 is 15.4 Å². The van der Waals surface area contributed by atoms with E-state index in [1.54, 1.807) is 0 Å². The fourth-order valence-electron chi connectivity index (χ4n) is 2.53. The van der Waals surface area contributed by atoms with E-state index in [4.69, 9.17) is 4.74 Å². The number of carbonyl (C=O) groups is 1. The van der Waals surface area contributed by atoms with E-state index in [0.717, 1.165) is 17.7 Å². The van der Waals surface area contributed by atoms with Crippen molar-refractivity contribution in [1.82, 2.24) is 10.6 Å². The normalized spacial score (nSPS) is 17.9. The fraction of sp³-hybridized carbons (Fsp3) is 0.278. The van der Waals surface area contributed by atoms with Gasteiger partial charge in [0, 0.05) is 19.6 Å². The molecule has 2 aromatic rings. The molecular formula is C18H20N2O2. The molecule has 2 N–H and O–H groups in total. The van der Waals surface area contributed by atoms with E-state index in [0.29, 0.717) is 19.7 Å². The predicted octanol–water partition coefficient (Wildman–Crippen LogP) is 1.96. The maximum Gasteiger partial charge on any atom is 0.250 e. The molecule has 22 heavy (non-hydrogen) atoms. The van der Waals surface area contributed by atoms with Crippen LogP contribution in [0.1, 0.15) is 5.56 Å². The summed E-state index contributed by atoms with van der Waals surface area (Å²) >= 11 is 0. The number of rotatable bonds is 4. The van der Waals surface area contributed by atoms with Gasteiger partial charge in [-0.3, -0.25) is 4.79 Å². The van der Waals surface area contributed by atoms with E-state index in [1.165, 1.54) is 5.56 Å². The fourth-order valence-corrected chi connectivity index (χ4v) is 2.53. The van der Waals surface area contributed by atoms with Gasteiger partial charge in [-0.25, -0.2) is 0 Å². The van der Waals surface area contributed by atoms with Crippen LogP contribution in [0.5, 0.6) is 0 Å². The van der Waals surface area contributed by atoms with Gasteiger partial charge in [-0.05, 0) is 22.8 Å². The van der Waals surface area contributed by atoms with Crippen molar-refractivity contribution in [1.29, 1.82) is 0 Å². The molecule has 1 aliphatic heterocycles. The predicted molar refractivity (Wildman–Crippen MR) is 86.3 cm³/mol. The molecule has 1 saturated heterocycles. The quantitative estimate of drug-likeness (QED) is 0.907. The lowest BCUT2D eigenvalue weighted by atomic mass is 10.0. The first-order valence-electron chi connectivity index (χ1n) is 7.57. The van der Waals surface area contributed by atoms with Crippen LogP contribution in [0.2, 0.25) is 0 Å². The van der Waals surface area contributed by atoms with Crippen LogP contribution in [0.25, 0.3) is 11.1 Å². The summed E-state index contributed by atoms with van der Waals surface area (Å²) in [5, 5.41) is 6.10. The molecule has 0 bridgehead atoms. The van der Waals surface area contributed by atoms with E-state index in [1.807, 2.05) is 30.3 Å². The molecule has 1 fully saturated rings. The van der Waals surface area contributed by atoms with Crippen molar-refractivity contribution in [3.05, 3.63) is 60.2 Å². The number of amides is 1. The summed E-state index contributed by atoms with van der Waals surface area (Å²) < 4.78 is 5.45. The molecule has 1 atom stereocenters. The summed E-state index contributed by atoms with van der Waals surface area (Å²) in [6.07, 6.45) is -0.383. The number of ether oxygens (including phenoxy) is 1. The number of hydrogen-bond acceptors (Lipinski definition) is 3. The first-order valence-corrected chi connectivity index (χ1v) is 7.57. The Morgan fingerprint density at radius 1 is 1.14 bits per heavy atom. The lowest BCUT2D eigenvalue weighted by molar-refractivity contribution is -0.134. The molecule has 3 rings (SSSR count). The summed E-state index contributed by atoms with van der Waals surface area (Å²) in [4.78, 5) is 12.1. The molecule has 2 aromatic carbocycles. The van der Waals surface area contributed by atoms with E-state index < -0.39 is 0 Å². The summed E-state index contributed by atoms with van der Waals surface area (Å²) in [7, 11) is 0. The Bertz CT molecular complexity index is 622. The minimum Gasteiger partial charge on any atom is -0.366 e. The van der Waals surface area contributed by atoms with Crippen LogP contribution in [0.4, 0.5) is 0 Å². The third kappa shape index (κ3) is 3.72. The van der Waals surface area contributed by atoms with Gasteiger partial charge in [-0.1, -0.05) is 48.5 Å². The van der Waals surface area contributed by atoms with Crippen molar-refractivity contribution >= 4 is 5.91 Å². The van der Waals surface area contributed by atoms with Crippen molar-refractivity contribution in [2.45, 2.75) is 12.6 Å². The monoisotopic (exact) mass is 296 g/mol. The van der Waals surface area contributed by atoms with Gasteiger partial charge in [0.15, 0.2) is 0 Å². The van der Waals surface area contributed by atoms with Crippen LogP contribution in [0.15, 0.2) is 54.6 Å². The Labute approximate surface area is 130 Å². The molecule has 1 amide bonds. The van der Waals surface area contributed by atoms with Crippen LogP contribution in [-0.2, 0) is 16.1 Å². The first-order chi connectivity index (χ1) is 10.8. The second-order valence-corrected chi connectivity index (χ2v) is 5.35. The number of hydrogen-bond donors (Lipinski definition) is 2. The molecule has 114 valence electrons. The zero-order valence-electron chi connectivity index (χ0n) is 12.4. The minimum atomic E-state index is -0.383. The Hall–Kier alpha value is -2.17. The maximum atomic E-state index is 12.1. The second kappa shape index (κ2) is 7.20. The third-order valence-corrected chi connectivity index (χ3v) is 3.72. The number of nitrogens with one attached hydrogen (secondary N) is 2. The largest absolute Gasteiger partial charge is 0.366 e. The average Bonchev–Trinajstić information content (AvgIpc) is 2.61. The van der Waals surface area contributed by atoms with Crippen LogP contribution in [0, 0.1) is 0 Å². The van der Waals surface area contributed by atoms with E-state index >= 15 is 0 Å². The summed E-state index contributed by atoms with van der Waals surface area (Å²) in [6.45, 7) is 2.49. The Balaban J connectivity index is 1.62. The third-order valence-electron chi connectivity index (χ3n) is 3.72. The van der Waals surface area contributed by atoms with Gasteiger partial charge in [0.2, 0.25) is 0 Å². The summed E-state index contributed by atoms with van der Waals surface area (Å²) in [5.74, 6) is -0.0580. The lowest BCUT2D eigenvalue weighted by Gasteiger charge is -2.22. The van der Waals surface area contributed by atoms with Gasteiger partial charge in [0.1, 0.15) is 6.10 Å². The van der Waals surface area contributed by atoms with Crippen LogP contribution < -0.4 is 10.6 Å². The van der Waals surface area contributed by atoms with Gasteiger partial charge in [-0.2, -0.15) is 0 Å². The molecule has 0 aliphatic carbocycles. The Kier molecular flexibility index (Phi) is 4.83. The number of benzene rings is 2. The topological polar surface area (TPSA) is 50.4 Å². The highest BCUT2D eigenvalue weighted by molar-refractivity contribution is 5.81. The van der Waals surface area contributed by atoms with Crippen LogP contribution in [-0.4, -0.2) is 31.7 Å². The summed E-state index contributed by atoms with van der Waals surface area (Å²) in [5.41, 5.74) is 3.41. The molecule has 1 heterocycles. The Morgan fingerprint density at radius 3 is 2.73 bits per heavy atom. The minimum absolute atomic E-state index is 0.0580. The molecule has 1 aliphatic rings. The highest BCUT2D eigenvalue weighted by Gasteiger charge is 2.21. The molecule has 0 unspecified atom stereocenters.